The first kappa shape index (κ1) is 53.5. The lowest BCUT2D eigenvalue weighted by Crippen LogP contribution is -2.27. The van der Waals surface area contributed by atoms with Gasteiger partial charge in [0.05, 0.1) is 12.5 Å². The fraction of sp³-hybridized carbons (Fsp3) is 0.863. The third kappa shape index (κ3) is 33.0. The molecule has 0 amide bonds. The van der Waals surface area contributed by atoms with Crippen molar-refractivity contribution < 1.29 is 24.1 Å². The average Bonchev–Trinajstić information content (AvgIpc) is 3.20. The molecule has 1 aromatic rings. The first-order chi connectivity index (χ1) is 27.9. The molecule has 57 heavy (non-hydrogen) atoms. The molecule has 0 heterocycles. The van der Waals surface area contributed by atoms with Gasteiger partial charge in [0.2, 0.25) is 0 Å². The number of aliphatic hydroxyl groups is 1. The lowest BCUT2D eigenvalue weighted by Gasteiger charge is -2.23. The van der Waals surface area contributed by atoms with Gasteiger partial charge in [-0.3, -0.25) is 4.79 Å². The highest BCUT2D eigenvalue weighted by atomic mass is 16.7. The van der Waals surface area contributed by atoms with Crippen LogP contribution in [0.1, 0.15) is 231 Å². The van der Waals surface area contributed by atoms with Crippen LogP contribution in [0.5, 0.6) is 0 Å². The van der Waals surface area contributed by atoms with Gasteiger partial charge in [-0.25, -0.2) is 0 Å². The summed E-state index contributed by atoms with van der Waals surface area (Å²) >= 11 is 0. The van der Waals surface area contributed by atoms with Crippen molar-refractivity contribution in [2.45, 2.75) is 233 Å². The molecule has 0 aliphatic carbocycles. The second-order valence-electron chi connectivity index (χ2n) is 17.6. The Kier molecular flexibility index (Phi) is 37.5. The van der Waals surface area contributed by atoms with E-state index in [1.807, 2.05) is 6.92 Å². The van der Waals surface area contributed by atoms with Crippen LogP contribution in [0.3, 0.4) is 0 Å². The van der Waals surface area contributed by atoms with Crippen molar-refractivity contribution in [3.05, 3.63) is 35.4 Å². The minimum Gasteiger partial charge on any atom is -0.465 e. The van der Waals surface area contributed by atoms with Gasteiger partial charge in [0.25, 0.3) is 0 Å². The van der Waals surface area contributed by atoms with E-state index in [0.29, 0.717) is 12.5 Å². The lowest BCUT2D eigenvalue weighted by molar-refractivity contribution is -0.148. The number of carbonyl (C=O) groups excluding carboxylic acids is 1. The first-order valence-corrected chi connectivity index (χ1v) is 24.7. The van der Waals surface area contributed by atoms with Gasteiger partial charge in [0, 0.05) is 19.8 Å². The summed E-state index contributed by atoms with van der Waals surface area (Å²) in [6.07, 6.45) is 35.8. The molecule has 0 saturated carbocycles. The van der Waals surface area contributed by atoms with Crippen LogP contribution in [0.15, 0.2) is 24.3 Å². The molecule has 0 bridgehead atoms. The molecular weight excluding hydrogens is 707 g/mol. The molecule has 1 unspecified atom stereocenters. The Morgan fingerprint density at radius 2 is 0.965 bits per heavy atom. The molecule has 0 aliphatic heterocycles. The largest absolute Gasteiger partial charge is 0.465 e. The van der Waals surface area contributed by atoms with Crippen LogP contribution in [0.4, 0.5) is 0 Å². The zero-order valence-corrected chi connectivity index (χ0v) is 38.5. The van der Waals surface area contributed by atoms with Gasteiger partial charge in [-0.2, -0.15) is 0 Å². The van der Waals surface area contributed by atoms with Crippen molar-refractivity contribution >= 4 is 5.97 Å². The molecule has 0 aliphatic rings. The minimum atomic E-state index is -0.231. The minimum absolute atomic E-state index is 0.0580. The predicted molar refractivity (Wildman–Crippen MR) is 244 cm³/mol. The molecule has 334 valence electrons. The predicted octanol–water partition coefficient (Wildman–Crippen LogP) is 14.1. The van der Waals surface area contributed by atoms with E-state index in [4.69, 9.17) is 14.2 Å². The van der Waals surface area contributed by atoms with E-state index in [1.165, 1.54) is 121 Å². The fourth-order valence-electron chi connectivity index (χ4n) is 7.71. The van der Waals surface area contributed by atoms with Crippen LogP contribution in [0.2, 0.25) is 0 Å². The topological polar surface area (TPSA) is 68.2 Å². The Labute approximate surface area is 354 Å². The summed E-state index contributed by atoms with van der Waals surface area (Å²) in [6.45, 7) is 16.7. The van der Waals surface area contributed by atoms with Gasteiger partial charge in [-0.05, 0) is 108 Å². The Balaban J connectivity index is 2.34. The van der Waals surface area contributed by atoms with Gasteiger partial charge >= 0.3 is 5.97 Å². The van der Waals surface area contributed by atoms with E-state index in [1.54, 1.807) is 0 Å². The number of rotatable bonds is 43. The van der Waals surface area contributed by atoms with Crippen LogP contribution in [0, 0.1) is 5.92 Å². The maximum Gasteiger partial charge on any atom is 0.313 e. The number of esters is 1. The molecule has 1 aromatic carbocycles. The molecule has 1 atom stereocenters. The number of unbranched alkanes of at least 4 members (excludes halogenated alkanes) is 22. The molecule has 1 N–H and O–H groups in total. The monoisotopic (exact) mass is 802 g/mol. The summed E-state index contributed by atoms with van der Waals surface area (Å²) in [4.78, 5) is 15.3. The van der Waals surface area contributed by atoms with E-state index in [-0.39, 0.29) is 24.8 Å². The van der Waals surface area contributed by atoms with Crippen molar-refractivity contribution in [3.8, 4) is 0 Å². The Hall–Kier alpha value is -1.47. The van der Waals surface area contributed by atoms with Crippen molar-refractivity contribution in [2.75, 3.05) is 46.1 Å². The van der Waals surface area contributed by atoms with Crippen LogP contribution in [-0.2, 0) is 25.4 Å². The zero-order chi connectivity index (χ0) is 41.4. The molecule has 0 fully saturated rings. The Morgan fingerprint density at radius 3 is 1.44 bits per heavy atom. The third-order valence-electron chi connectivity index (χ3n) is 11.5. The highest BCUT2D eigenvalue weighted by Crippen LogP contribution is 2.20. The number of hydrogen-bond acceptors (Lipinski definition) is 6. The summed E-state index contributed by atoms with van der Waals surface area (Å²) in [6, 6.07) is 8.45. The van der Waals surface area contributed by atoms with Gasteiger partial charge < -0.3 is 24.2 Å². The quantitative estimate of drug-likeness (QED) is 0.0403. The van der Waals surface area contributed by atoms with Gasteiger partial charge in [-0.1, -0.05) is 174 Å². The number of carbonyl (C=O) groups is 1. The molecule has 0 aromatic heterocycles. The van der Waals surface area contributed by atoms with Crippen molar-refractivity contribution in [1.82, 2.24) is 4.90 Å². The van der Waals surface area contributed by atoms with Gasteiger partial charge in [0.1, 0.15) is 0 Å². The second kappa shape index (κ2) is 40.0. The number of ether oxygens (including phenoxy) is 3. The Bertz CT molecular complexity index is 960. The summed E-state index contributed by atoms with van der Waals surface area (Å²) in [5, 5.41) is 9.38. The lowest BCUT2D eigenvalue weighted by atomic mass is 9.97. The maximum absolute atomic E-state index is 12.7. The number of aliphatic hydroxyl groups excluding tert-OH is 1. The van der Waals surface area contributed by atoms with E-state index >= 15 is 0 Å². The van der Waals surface area contributed by atoms with Crippen molar-refractivity contribution in [1.29, 1.82) is 0 Å². The number of hydrogen-bond donors (Lipinski definition) is 1. The van der Waals surface area contributed by atoms with Crippen LogP contribution < -0.4 is 0 Å². The molecule has 1 rings (SSSR count). The highest BCUT2D eigenvalue weighted by molar-refractivity contribution is 5.77. The summed E-state index contributed by atoms with van der Waals surface area (Å²) in [7, 11) is 0. The smallest absolute Gasteiger partial charge is 0.313 e. The molecule has 6 nitrogen and oxygen atoms in total. The standard InChI is InChI=1S/C51H95NO5/c1-6-8-10-12-14-16-18-21-30-42-55-50(56-43-31-22-19-17-15-13-11-9-7-2)33-25-24-27-39-52(40-28-29-41-53)38-26-20-23-32-44-57-51(54)47(5)49-36-34-48(35-37-49)45-46(3)4/h34-37,46-47,50,53H,6-33,38-45H2,1-5H3. The molecule has 0 spiro atoms. The normalized spacial score (nSPS) is 12.4. The van der Waals surface area contributed by atoms with E-state index in [0.717, 1.165) is 109 Å². The van der Waals surface area contributed by atoms with Crippen LogP contribution in [0.25, 0.3) is 0 Å². The molecule has 0 radical (unpaired) electrons. The first-order valence-electron chi connectivity index (χ1n) is 24.7. The van der Waals surface area contributed by atoms with Crippen molar-refractivity contribution in [3.63, 3.8) is 0 Å². The average molecular weight is 802 g/mol. The van der Waals surface area contributed by atoms with E-state index in [9.17, 15) is 9.90 Å². The van der Waals surface area contributed by atoms with Gasteiger partial charge in [-0.15, -0.1) is 0 Å². The fourth-order valence-corrected chi connectivity index (χ4v) is 7.71. The molecule has 0 saturated heterocycles. The molecule has 6 heteroatoms. The summed E-state index contributed by atoms with van der Waals surface area (Å²) in [5.74, 6) is 0.273. The summed E-state index contributed by atoms with van der Waals surface area (Å²) in [5.41, 5.74) is 2.35. The number of benzene rings is 1. The van der Waals surface area contributed by atoms with Gasteiger partial charge in [0.15, 0.2) is 6.29 Å². The SMILES string of the molecule is CCCCCCCCCCCOC(CCCCCN(CCCCO)CCCCCCOC(=O)C(C)c1ccc(CC(C)C)cc1)OCCCCCCCCCCC. The highest BCUT2D eigenvalue weighted by Gasteiger charge is 2.17. The summed E-state index contributed by atoms with van der Waals surface area (Å²) < 4.78 is 18.4. The van der Waals surface area contributed by atoms with Crippen molar-refractivity contribution in [2.24, 2.45) is 5.92 Å². The van der Waals surface area contributed by atoms with E-state index in [2.05, 4.69) is 56.9 Å². The number of nitrogens with zero attached hydrogens (tertiary/aromatic N) is 1. The maximum atomic E-state index is 12.7. The third-order valence-corrected chi connectivity index (χ3v) is 11.5. The molecular formula is C51H95NO5. The Morgan fingerprint density at radius 1 is 0.544 bits per heavy atom. The second-order valence-corrected chi connectivity index (χ2v) is 17.6. The van der Waals surface area contributed by atoms with Crippen LogP contribution >= 0.6 is 0 Å². The zero-order valence-electron chi connectivity index (χ0n) is 38.5. The van der Waals surface area contributed by atoms with E-state index < -0.39 is 0 Å². The van der Waals surface area contributed by atoms with Crippen LogP contribution in [-0.4, -0.2) is 68.3 Å².